The minimum Gasteiger partial charge on any atom is -0.323 e. The fraction of sp³-hybridized carbons (Fsp3) is 0.400. The smallest absolute Gasteiger partial charge is 0.241 e. The molecule has 0 unspecified atom stereocenters. The van der Waals surface area contributed by atoms with Crippen LogP contribution in [0.5, 0.6) is 0 Å². The number of aromatic nitrogens is 3. The van der Waals surface area contributed by atoms with Crippen molar-refractivity contribution in [2.45, 2.75) is 33.2 Å². The number of anilines is 1. The molecular weight excluding hydrogens is 266 g/mol. The fourth-order valence-corrected chi connectivity index (χ4v) is 1.96. The van der Waals surface area contributed by atoms with Gasteiger partial charge >= 0.3 is 0 Å². The van der Waals surface area contributed by atoms with Gasteiger partial charge in [-0.2, -0.15) is 0 Å². The summed E-state index contributed by atoms with van der Waals surface area (Å²) in [6, 6.07) is 3.13. The Morgan fingerprint density at radius 1 is 1.43 bits per heavy atom. The maximum absolute atomic E-state index is 12.0. The maximum atomic E-state index is 12.0. The highest BCUT2D eigenvalue weighted by Crippen LogP contribution is 2.13. The molecule has 2 heterocycles. The van der Waals surface area contributed by atoms with Gasteiger partial charge in [0.15, 0.2) is 0 Å². The van der Waals surface area contributed by atoms with Crippen molar-refractivity contribution in [1.82, 2.24) is 14.5 Å². The average Bonchev–Trinajstić information content (AvgIpc) is 2.92. The zero-order valence-corrected chi connectivity index (χ0v) is 12.6. The number of aryl methyl sites for hydroxylation is 1. The summed E-state index contributed by atoms with van der Waals surface area (Å²) in [7, 11) is 0. The van der Waals surface area contributed by atoms with Crippen LogP contribution in [0, 0.1) is 12.8 Å². The van der Waals surface area contributed by atoms with Crippen molar-refractivity contribution in [3.8, 4) is 5.82 Å². The van der Waals surface area contributed by atoms with E-state index in [4.69, 9.17) is 5.73 Å². The van der Waals surface area contributed by atoms with E-state index >= 15 is 0 Å². The molecule has 2 atom stereocenters. The molecule has 6 heteroatoms. The second kappa shape index (κ2) is 6.49. The SMILES string of the molecule is CC[C@H](C)[C@H](N)C(=O)Nc1ccc(-n2ccnc2C)nc1. The summed E-state index contributed by atoms with van der Waals surface area (Å²) in [5.41, 5.74) is 6.54. The van der Waals surface area contributed by atoms with E-state index < -0.39 is 6.04 Å². The number of nitrogens with two attached hydrogens (primary N) is 1. The molecule has 0 saturated carbocycles. The molecule has 2 aromatic heterocycles. The molecule has 0 aliphatic carbocycles. The fourth-order valence-electron chi connectivity index (χ4n) is 1.96. The Morgan fingerprint density at radius 2 is 2.19 bits per heavy atom. The number of carbonyl (C=O) groups excluding carboxylic acids is 1. The predicted molar refractivity (Wildman–Crippen MR) is 82.2 cm³/mol. The molecule has 1 amide bonds. The van der Waals surface area contributed by atoms with Gasteiger partial charge < -0.3 is 11.1 Å². The molecule has 0 spiro atoms. The highest BCUT2D eigenvalue weighted by atomic mass is 16.2. The molecule has 21 heavy (non-hydrogen) atoms. The highest BCUT2D eigenvalue weighted by Gasteiger charge is 2.19. The van der Waals surface area contributed by atoms with Crippen LogP contribution < -0.4 is 11.1 Å². The summed E-state index contributed by atoms with van der Waals surface area (Å²) in [6.07, 6.45) is 6.05. The van der Waals surface area contributed by atoms with Gasteiger partial charge in [0, 0.05) is 12.4 Å². The number of nitrogens with zero attached hydrogens (tertiary/aromatic N) is 3. The Bertz CT molecular complexity index is 605. The summed E-state index contributed by atoms with van der Waals surface area (Å²) < 4.78 is 1.87. The quantitative estimate of drug-likeness (QED) is 0.879. The second-order valence-electron chi connectivity index (χ2n) is 5.15. The molecular formula is C15H21N5O. The normalized spacial score (nSPS) is 13.7. The van der Waals surface area contributed by atoms with Crippen LogP contribution in [0.15, 0.2) is 30.7 Å². The third-order valence-corrected chi connectivity index (χ3v) is 3.65. The molecule has 0 aliphatic rings. The zero-order valence-electron chi connectivity index (χ0n) is 12.6. The second-order valence-corrected chi connectivity index (χ2v) is 5.15. The third-order valence-electron chi connectivity index (χ3n) is 3.65. The lowest BCUT2D eigenvalue weighted by atomic mass is 9.99. The van der Waals surface area contributed by atoms with Crippen molar-refractivity contribution in [3.63, 3.8) is 0 Å². The summed E-state index contributed by atoms with van der Waals surface area (Å²) >= 11 is 0. The van der Waals surface area contributed by atoms with Gasteiger partial charge in [0.25, 0.3) is 0 Å². The minimum absolute atomic E-state index is 0.144. The number of carbonyl (C=O) groups is 1. The monoisotopic (exact) mass is 287 g/mol. The van der Waals surface area contributed by atoms with Crippen LogP contribution in [-0.4, -0.2) is 26.5 Å². The van der Waals surface area contributed by atoms with Crippen LogP contribution in [-0.2, 0) is 4.79 Å². The van der Waals surface area contributed by atoms with E-state index in [1.54, 1.807) is 12.4 Å². The number of rotatable bonds is 5. The van der Waals surface area contributed by atoms with Gasteiger partial charge in [-0.3, -0.25) is 9.36 Å². The van der Waals surface area contributed by atoms with E-state index in [1.165, 1.54) is 0 Å². The van der Waals surface area contributed by atoms with Crippen molar-refractivity contribution < 1.29 is 4.79 Å². The molecule has 2 aromatic rings. The first kappa shape index (κ1) is 15.2. The summed E-state index contributed by atoms with van der Waals surface area (Å²) in [5.74, 6) is 1.58. The minimum atomic E-state index is -0.509. The van der Waals surface area contributed by atoms with E-state index in [9.17, 15) is 4.79 Å². The van der Waals surface area contributed by atoms with Crippen LogP contribution in [0.2, 0.25) is 0 Å². The standard InChI is InChI=1S/C15H21N5O/c1-4-10(2)14(16)15(21)19-12-5-6-13(18-9-12)20-8-7-17-11(20)3/h5-10,14H,4,16H2,1-3H3,(H,19,21)/t10-,14-/m0/s1. The Hall–Kier alpha value is -2.21. The van der Waals surface area contributed by atoms with Crippen molar-refractivity contribution in [2.75, 3.05) is 5.32 Å². The first-order valence-corrected chi connectivity index (χ1v) is 7.05. The Labute approximate surface area is 124 Å². The average molecular weight is 287 g/mol. The molecule has 0 radical (unpaired) electrons. The van der Waals surface area contributed by atoms with E-state index in [0.717, 1.165) is 18.1 Å². The topological polar surface area (TPSA) is 85.8 Å². The molecule has 0 aromatic carbocycles. The Morgan fingerprint density at radius 3 is 2.71 bits per heavy atom. The van der Waals surface area contributed by atoms with Crippen molar-refractivity contribution in [3.05, 3.63) is 36.5 Å². The molecule has 0 aliphatic heterocycles. The lowest BCUT2D eigenvalue weighted by molar-refractivity contribution is -0.118. The van der Waals surface area contributed by atoms with E-state index in [2.05, 4.69) is 15.3 Å². The van der Waals surface area contributed by atoms with Crippen LogP contribution in [0.1, 0.15) is 26.1 Å². The Balaban J connectivity index is 2.06. The van der Waals surface area contributed by atoms with Gasteiger partial charge in [-0.05, 0) is 25.0 Å². The number of imidazole rings is 1. The first-order chi connectivity index (χ1) is 10.0. The highest BCUT2D eigenvalue weighted by molar-refractivity contribution is 5.94. The molecule has 6 nitrogen and oxygen atoms in total. The molecule has 0 bridgehead atoms. The first-order valence-electron chi connectivity index (χ1n) is 7.05. The Kier molecular flexibility index (Phi) is 4.70. The summed E-state index contributed by atoms with van der Waals surface area (Å²) in [4.78, 5) is 20.5. The maximum Gasteiger partial charge on any atom is 0.241 e. The van der Waals surface area contributed by atoms with Gasteiger partial charge in [0.1, 0.15) is 11.6 Å². The molecule has 0 fully saturated rings. The molecule has 2 rings (SSSR count). The molecule has 112 valence electrons. The largest absolute Gasteiger partial charge is 0.323 e. The van der Waals surface area contributed by atoms with Crippen LogP contribution in [0.4, 0.5) is 5.69 Å². The molecule has 0 saturated heterocycles. The molecule has 3 N–H and O–H groups in total. The van der Waals surface area contributed by atoms with E-state index in [-0.39, 0.29) is 11.8 Å². The number of hydrogen-bond acceptors (Lipinski definition) is 4. The van der Waals surface area contributed by atoms with Crippen LogP contribution in [0.25, 0.3) is 5.82 Å². The number of amides is 1. The van der Waals surface area contributed by atoms with Crippen LogP contribution in [0.3, 0.4) is 0 Å². The van der Waals surface area contributed by atoms with Gasteiger partial charge in [-0.15, -0.1) is 0 Å². The predicted octanol–water partition coefficient (Wildman–Crippen LogP) is 1.89. The van der Waals surface area contributed by atoms with Crippen molar-refractivity contribution >= 4 is 11.6 Å². The lowest BCUT2D eigenvalue weighted by Gasteiger charge is -2.17. The number of nitrogens with one attached hydrogen (secondary N) is 1. The number of pyridine rings is 1. The number of hydrogen-bond donors (Lipinski definition) is 2. The van der Waals surface area contributed by atoms with Gasteiger partial charge in [-0.1, -0.05) is 20.3 Å². The van der Waals surface area contributed by atoms with E-state index in [0.29, 0.717) is 5.69 Å². The van der Waals surface area contributed by atoms with Crippen molar-refractivity contribution in [2.24, 2.45) is 11.7 Å². The van der Waals surface area contributed by atoms with Crippen LogP contribution >= 0.6 is 0 Å². The van der Waals surface area contributed by atoms with E-state index in [1.807, 2.05) is 43.7 Å². The summed E-state index contributed by atoms with van der Waals surface area (Å²) in [6.45, 7) is 5.89. The lowest BCUT2D eigenvalue weighted by Crippen LogP contribution is -2.40. The summed E-state index contributed by atoms with van der Waals surface area (Å²) in [5, 5.41) is 2.79. The zero-order chi connectivity index (χ0) is 15.4. The van der Waals surface area contributed by atoms with Crippen molar-refractivity contribution in [1.29, 1.82) is 0 Å². The van der Waals surface area contributed by atoms with Gasteiger partial charge in [0.05, 0.1) is 17.9 Å². The van der Waals surface area contributed by atoms with Gasteiger partial charge in [0.2, 0.25) is 5.91 Å². The third kappa shape index (κ3) is 3.46. The van der Waals surface area contributed by atoms with Gasteiger partial charge in [-0.25, -0.2) is 9.97 Å².